The van der Waals surface area contributed by atoms with Gasteiger partial charge < -0.3 is 16.2 Å². The number of hydrogen-bond donors (Lipinski definition) is 3. The number of carbonyl (C=O) groups is 2. The van der Waals surface area contributed by atoms with E-state index in [0.29, 0.717) is 12.2 Å². The molecule has 6 heteroatoms. The van der Waals surface area contributed by atoms with Gasteiger partial charge in [0.05, 0.1) is 6.42 Å². The zero-order valence-corrected chi connectivity index (χ0v) is 9.51. The summed E-state index contributed by atoms with van der Waals surface area (Å²) in [6.45, 7) is 1.87. The SMILES string of the molecule is CCC(CC(=O)O)Nc1cccc(C(N)=O)n1. The number of anilines is 1. The Kier molecular flexibility index (Phi) is 4.45. The van der Waals surface area contributed by atoms with Gasteiger partial charge in [0.25, 0.3) is 5.91 Å². The summed E-state index contributed by atoms with van der Waals surface area (Å²) in [5.74, 6) is -1.04. The Morgan fingerprint density at radius 1 is 1.53 bits per heavy atom. The standard InChI is InChI=1S/C11H15N3O3/c1-2-7(6-10(15)16)13-9-5-3-4-8(14-9)11(12)17/h3-5,7H,2,6H2,1H3,(H2,12,17)(H,13,14)(H,15,16). The highest BCUT2D eigenvalue weighted by atomic mass is 16.4. The lowest BCUT2D eigenvalue weighted by Gasteiger charge is -2.15. The average molecular weight is 237 g/mol. The van der Waals surface area contributed by atoms with Gasteiger partial charge in [0.15, 0.2) is 0 Å². The van der Waals surface area contributed by atoms with Gasteiger partial charge in [0.1, 0.15) is 11.5 Å². The van der Waals surface area contributed by atoms with Crippen LogP contribution in [0.4, 0.5) is 5.82 Å². The Labute approximate surface area is 98.8 Å². The Morgan fingerprint density at radius 2 is 2.24 bits per heavy atom. The van der Waals surface area contributed by atoms with E-state index in [1.165, 1.54) is 6.07 Å². The molecule has 0 aliphatic carbocycles. The van der Waals surface area contributed by atoms with Crippen molar-refractivity contribution in [3.8, 4) is 0 Å². The van der Waals surface area contributed by atoms with Gasteiger partial charge in [-0.3, -0.25) is 9.59 Å². The Morgan fingerprint density at radius 3 is 2.76 bits per heavy atom. The minimum absolute atomic E-state index is 0.00101. The number of aliphatic carboxylic acids is 1. The number of nitrogens with two attached hydrogens (primary N) is 1. The molecule has 1 aromatic heterocycles. The largest absolute Gasteiger partial charge is 0.481 e. The fourth-order valence-corrected chi connectivity index (χ4v) is 1.37. The molecule has 0 radical (unpaired) electrons. The zero-order chi connectivity index (χ0) is 12.8. The number of rotatable bonds is 6. The first kappa shape index (κ1) is 13.0. The number of hydrogen-bond acceptors (Lipinski definition) is 4. The highest BCUT2D eigenvalue weighted by Crippen LogP contribution is 2.10. The van der Waals surface area contributed by atoms with Crippen molar-refractivity contribution in [2.24, 2.45) is 5.73 Å². The van der Waals surface area contributed by atoms with Crippen molar-refractivity contribution in [2.45, 2.75) is 25.8 Å². The van der Waals surface area contributed by atoms with Crippen LogP contribution in [0.2, 0.25) is 0 Å². The van der Waals surface area contributed by atoms with Gasteiger partial charge in [0, 0.05) is 6.04 Å². The molecular weight excluding hydrogens is 222 g/mol. The molecule has 92 valence electrons. The maximum Gasteiger partial charge on any atom is 0.305 e. The lowest BCUT2D eigenvalue weighted by Crippen LogP contribution is -2.23. The fourth-order valence-electron chi connectivity index (χ4n) is 1.37. The lowest BCUT2D eigenvalue weighted by atomic mass is 10.1. The van der Waals surface area contributed by atoms with Gasteiger partial charge in [-0.2, -0.15) is 0 Å². The topological polar surface area (TPSA) is 105 Å². The molecule has 17 heavy (non-hydrogen) atoms. The van der Waals surface area contributed by atoms with Crippen LogP contribution < -0.4 is 11.1 Å². The van der Waals surface area contributed by atoms with Crippen molar-refractivity contribution in [3.05, 3.63) is 23.9 Å². The quantitative estimate of drug-likeness (QED) is 0.680. The number of amides is 1. The monoisotopic (exact) mass is 237 g/mol. The normalized spacial score (nSPS) is 11.8. The molecule has 1 amide bonds. The number of carboxylic acids is 1. The van der Waals surface area contributed by atoms with Crippen molar-refractivity contribution >= 4 is 17.7 Å². The summed E-state index contributed by atoms with van der Waals surface area (Å²) >= 11 is 0. The zero-order valence-electron chi connectivity index (χ0n) is 9.51. The number of pyridine rings is 1. The van der Waals surface area contributed by atoms with Crippen molar-refractivity contribution in [1.82, 2.24) is 4.98 Å². The summed E-state index contributed by atoms with van der Waals surface area (Å²) in [4.78, 5) is 25.5. The van der Waals surface area contributed by atoms with Gasteiger partial charge in [0.2, 0.25) is 0 Å². The third kappa shape index (κ3) is 4.10. The number of primary amides is 1. The first-order valence-corrected chi connectivity index (χ1v) is 5.28. The number of carbonyl (C=O) groups excluding carboxylic acids is 1. The molecule has 1 heterocycles. The Bertz CT molecular complexity index is 420. The molecule has 0 bridgehead atoms. The van der Waals surface area contributed by atoms with E-state index < -0.39 is 11.9 Å². The molecular formula is C11H15N3O3. The summed E-state index contributed by atoms with van der Waals surface area (Å²) < 4.78 is 0. The first-order chi connectivity index (χ1) is 8.02. The highest BCUT2D eigenvalue weighted by Gasteiger charge is 2.12. The lowest BCUT2D eigenvalue weighted by molar-refractivity contribution is -0.137. The third-order valence-corrected chi connectivity index (χ3v) is 2.27. The predicted molar refractivity (Wildman–Crippen MR) is 62.7 cm³/mol. The molecule has 1 aromatic rings. The van der Waals surface area contributed by atoms with E-state index in [-0.39, 0.29) is 18.2 Å². The maximum atomic E-state index is 10.9. The van der Waals surface area contributed by atoms with Gasteiger partial charge in [-0.15, -0.1) is 0 Å². The molecule has 0 aromatic carbocycles. The van der Waals surface area contributed by atoms with Crippen molar-refractivity contribution in [2.75, 3.05) is 5.32 Å². The Hall–Kier alpha value is -2.11. The molecule has 4 N–H and O–H groups in total. The Balaban J connectivity index is 2.75. The van der Waals surface area contributed by atoms with Crippen LogP contribution in [0.1, 0.15) is 30.3 Å². The molecule has 1 atom stereocenters. The predicted octanol–water partition coefficient (Wildman–Crippen LogP) is 0.846. The van der Waals surface area contributed by atoms with E-state index in [9.17, 15) is 9.59 Å². The van der Waals surface area contributed by atoms with E-state index in [1.54, 1.807) is 12.1 Å². The minimum Gasteiger partial charge on any atom is -0.481 e. The van der Waals surface area contributed by atoms with Crippen LogP contribution in [0, 0.1) is 0 Å². The summed E-state index contributed by atoms with van der Waals surface area (Å²) in [6.07, 6.45) is 0.647. The van der Waals surface area contributed by atoms with Crippen LogP contribution in [0.5, 0.6) is 0 Å². The average Bonchev–Trinajstić information content (AvgIpc) is 2.28. The molecule has 1 rings (SSSR count). The van der Waals surface area contributed by atoms with Crippen molar-refractivity contribution in [1.29, 1.82) is 0 Å². The van der Waals surface area contributed by atoms with Gasteiger partial charge in [-0.1, -0.05) is 13.0 Å². The van der Waals surface area contributed by atoms with Crippen LogP contribution in [0.15, 0.2) is 18.2 Å². The second kappa shape index (κ2) is 5.83. The number of nitrogens with zero attached hydrogens (tertiary/aromatic N) is 1. The molecule has 0 saturated heterocycles. The van der Waals surface area contributed by atoms with Crippen molar-refractivity contribution < 1.29 is 14.7 Å². The fraction of sp³-hybridized carbons (Fsp3) is 0.364. The number of nitrogens with one attached hydrogen (secondary N) is 1. The molecule has 0 spiro atoms. The summed E-state index contributed by atoms with van der Waals surface area (Å²) in [5.41, 5.74) is 5.26. The molecule has 0 aliphatic heterocycles. The number of carboxylic acid groups (broad SMARTS) is 1. The van der Waals surface area contributed by atoms with Crippen molar-refractivity contribution in [3.63, 3.8) is 0 Å². The summed E-state index contributed by atoms with van der Waals surface area (Å²) in [7, 11) is 0. The molecule has 1 unspecified atom stereocenters. The van der Waals surface area contributed by atoms with E-state index in [0.717, 1.165) is 0 Å². The third-order valence-electron chi connectivity index (χ3n) is 2.27. The van der Waals surface area contributed by atoms with E-state index in [2.05, 4.69) is 10.3 Å². The molecule has 0 saturated carbocycles. The summed E-state index contributed by atoms with van der Waals surface area (Å²) in [5, 5.41) is 11.7. The van der Waals surface area contributed by atoms with Crippen LogP contribution in [-0.4, -0.2) is 28.0 Å². The van der Waals surface area contributed by atoms with E-state index in [4.69, 9.17) is 10.8 Å². The van der Waals surface area contributed by atoms with Crippen LogP contribution in [0.3, 0.4) is 0 Å². The molecule has 0 fully saturated rings. The van der Waals surface area contributed by atoms with Crippen LogP contribution in [-0.2, 0) is 4.79 Å². The maximum absolute atomic E-state index is 10.9. The van der Waals surface area contributed by atoms with E-state index >= 15 is 0 Å². The smallest absolute Gasteiger partial charge is 0.305 e. The minimum atomic E-state index is -0.879. The second-order valence-corrected chi connectivity index (χ2v) is 3.62. The van der Waals surface area contributed by atoms with Gasteiger partial charge in [-0.05, 0) is 18.6 Å². The number of aromatic nitrogens is 1. The molecule has 0 aliphatic rings. The van der Waals surface area contributed by atoms with E-state index in [1.807, 2.05) is 6.92 Å². The van der Waals surface area contributed by atoms with Crippen LogP contribution >= 0.6 is 0 Å². The molecule has 6 nitrogen and oxygen atoms in total. The highest BCUT2D eigenvalue weighted by molar-refractivity contribution is 5.91. The van der Waals surface area contributed by atoms with Gasteiger partial charge in [-0.25, -0.2) is 4.98 Å². The first-order valence-electron chi connectivity index (χ1n) is 5.28. The second-order valence-electron chi connectivity index (χ2n) is 3.62. The van der Waals surface area contributed by atoms with Gasteiger partial charge >= 0.3 is 5.97 Å². The van der Waals surface area contributed by atoms with Crippen LogP contribution in [0.25, 0.3) is 0 Å². The summed E-state index contributed by atoms with van der Waals surface area (Å²) in [6, 6.07) is 4.59.